The van der Waals surface area contributed by atoms with Gasteiger partial charge in [-0.05, 0) is 13.3 Å². The number of carboxylic acid groups (broad SMARTS) is 1. The predicted molar refractivity (Wildman–Crippen MR) is 105 cm³/mol. The highest BCUT2D eigenvalue weighted by atomic mass is 32.2. The van der Waals surface area contributed by atoms with Crippen molar-refractivity contribution in [3.63, 3.8) is 0 Å². The van der Waals surface area contributed by atoms with Crippen molar-refractivity contribution in [1.82, 2.24) is 14.7 Å². The van der Waals surface area contributed by atoms with E-state index in [9.17, 15) is 24.6 Å². The Labute approximate surface area is 168 Å². The summed E-state index contributed by atoms with van der Waals surface area (Å²) in [5.74, 6) is -1.42. The van der Waals surface area contributed by atoms with Crippen LogP contribution < -0.4 is 0 Å². The number of hydrogen-bond acceptors (Lipinski definition) is 7. The molecule has 3 heterocycles. The molecule has 3 aliphatic rings. The summed E-state index contributed by atoms with van der Waals surface area (Å²) in [4.78, 5) is 46.3. The van der Waals surface area contributed by atoms with Gasteiger partial charge in [0.15, 0.2) is 0 Å². The lowest BCUT2D eigenvalue weighted by Crippen LogP contribution is -2.61. The topological polar surface area (TPSA) is 114 Å². The molecule has 28 heavy (non-hydrogen) atoms. The lowest BCUT2D eigenvalue weighted by Gasteiger charge is -2.44. The van der Waals surface area contributed by atoms with Gasteiger partial charge in [0.2, 0.25) is 11.8 Å². The Kier molecular flexibility index (Phi) is 5.46. The first-order valence-corrected chi connectivity index (χ1v) is 10.0. The van der Waals surface area contributed by atoms with Gasteiger partial charge in [-0.15, -0.1) is 11.8 Å². The molecule has 0 radical (unpaired) electrons. The molecule has 1 unspecified atom stereocenters. The zero-order valence-corrected chi connectivity index (χ0v) is 17.4. The molecule has 0 aromatic rings. The quantitative estimate of drug-likeness (QED) is 0.604. The number of carbonyl (C=O) groups is 3. The predicted octanol–water partition coefficient (Wildman–Crippen LogP) is -0.183. The van der Waals surface area contributed by atoms with Gasteiger partial charge in [0.05, 0.1) is 23.3 Å². The van der Waals surface area contributed by atoms with E-state index < -0.39 is 24.0 Å². The van der Waals surface area contributed by atoms with Gasteiger partial charge < -0.3 is 24.9 Å². The van der Waals surface area contributed by atoms with E-state index in [1.54, 1.807) is 21.0 Å². The van der Waals surface area contributed by atoms with Crippen molar-refractivity contribution >= 4 is 35.4 Å². The van der Waals surface area contributed by atoms with Crippen molar-refractivity contribution in [3.05, 3.63) is 10.6 Å². The number of fused-ring (bicyclic) bond motifs is 1. The van der Waals surface area contributed by atoms with Gasteiger partial charge in [0, 0.05) is 39.5 Å². The molecule has 0 spiro atoms. The van der Waals surface area contributed by atoms with Crippen LogP contribution in [-0.4, -0.2) is 100 Å². The first-order chi connectivity index (χ1) is 13.0. The Morgan fingerprint density at radius 2 is 1.93 bits per heavy atom. The lowest BCUT2D eigenvalue weighted by atomic mass is 9.83. The summed E-state index contributed by atoms with van der Waals surface area (Å²) in [7, 11) is 7.05. The third-order valence-electron chi connectivity index (χ3n) is 5.37. The number of hydrogen-bond donors (Lipinski definition) is 2. The molecule has 2 amide bonds. The molecule has 0 saturated carbocycles. The number of aliphatic hydroxyl groups excluding tert-OH is 1. The van der Waals surface area contributed by atoms with Crippen LogP contribution in [0.2, 0.25) is 0 Å². The van der Waals surface area contributed by atoms with Crippen LogP contribution in [-0.2, 0) is 14.4 Å². The first kappa shape index (κ1) is 20.7. The fraction of sp³-hybridized carbons (Fsp3) is 0.667. The second kappa shape index (κ2) is 7.40. The number of aliphatic carboxylic acids is 1. The summed E-state index contributed by atoms with van der Waals surface area (Å²) in [6.45, 7) is 1.55. The number of aliphatic imine (C=N–C) groups is 1. The largest absolute Gasteiger partial charge is 0.477 e. The molecular formula is C18H26N4O5S. The second-order valence-corrected chi connectivity index (χ2v) is 9.09. The Hall–Kier alpha value is -2.07. The van der Waals surface area contributed by atoms with Crippen molar-refractivity contribution in [1.29, 1.82) is 0 Å². The Balaban J connectivity index is 1.84. The number of likely N-dealkylation sites (N-methyl/N-ethyl adjacent to an activating group) is 1. The van der Waals surface area contributed by atoms with Crippen molar-refractivity contribution in [2.24, 2.45) is 10.9 Å². The zero-order chi connectivity index (χ0) is 20.9. The number of thioether (sulfide) groups is 1. The first-order valence-electron chi connectivity index (χ1n) is 9.15. The van der Waals surface area contributed by atoms with E-state index in [-0.39, 0.29) is 28.8 Å². The number of carboxylic acids is 1. The van der Waals surface area contributed by atoms with E-state index in [4.69, 9.17) is 0 Å². The molecule has 2 N–H and O–H groups in total. The van der Waals surface area contributed by atoms with Crippen LogP contribution >= 0.6 is 11.8 Å². The Morgan fingerprint density at radius 1 is 1.29 bits per heavy atom. The minimum atomic E-state index is -1.15. The lowest BCUT2D eigenvalue weighted by molar-refractivity contribution is -0.161. The SMILES string of the molecule is C[C@@H](O)[C@H]1C(=O)N2C(C(=O)O)=C(SC3C[C@@H](C(=O)N(C)C)N=C3N(C)C)C[C@H]12. The van der Waals surface area contributed by atoms with E-state index in [2.05, 4.69) is 4.99 Å². The molecule has 3 aliphatic heterocycles. The van der Waals surface area contributed by atoms with E-state index in [1.165, 1.54) is 21.6 Å². The maximum absolute atomic E-state index is 12.3. The molecule has 9 nitrogen and oxygen atoms in total. The molecule has 5 atom stereocenters. The van der Waals surface area contributed by atoms with E-state index in [1.807, 2.05) is 19.0 Å². The van der Waals surface area contributed by atoms with E-state index in [0.29, 0.717) is 17.7 Å². The zero-order valence-electron chi connectivity index (χ0n) is 16.6. The second-order valence-electron chi connectivity index (χ2n) is 7.80. The maximum atomic E-state index is 12.3. The van der Waals surface area contributed by atoms with Crippen molar-refractivity contribution in [3.8, 4) is 0 Å². The summed E-state index contributed by atoms with van der Waals surface area (Å²) in [6, 6.07) is -0.814. The number of amides is 2. The maximum Gasteiger partial charge on any atom is 0.353 e. The van der Waals surface area contributed by atoms with Gasteiger partial charge >= 0.3 is 5.97 Å². The van der Waals surface area contributed by atoms with Crippen LogP contribution in [0, 0.1) is 5.92 Å². The molecule has 154 valence electrons. The highest BCUT2D eigenvalue weighted by molar-refractivity contribution is 8.04. The van der Waals surface area contributed by atoms with Crippen LogP contribution in [0.3, 0.4) is 0 Å². The molecule has 3 rings (SSSR count). The van der Waals surface area contributed by atoms with Crippen LogP contribution in [0.1, 0.15) is 19.8 Å². The highest BCUT2D eigenvalue weighted by Crippen LogP contribution is 2.49. The third kappa shape index (κ3) is 3.28. The summed E-state index contributed by atoms with van der Waals surface area (Å²) in [5, 5.41) is 19.4. The van der Waals surface area contributed by atoms with Gasteiger partial charge in [-0.1, -0.05) is 0 Å². The number of β-lactam (4-membered cyclic amide) rings is 1. The molecule has 1 saturated heterocycles. The molecular weight excluding hydrogens is 384 g/mol. The van der Waals surface area contributed by atoms with Crippen molar-refractivity contribution in [2.45, 2.75) is 43.2 Å². The number of aliphatic hydroxyl groups is 1. The fourth-order valence-corrected chi connectivity index (χ4v) is 5.63. The van der Waals surface area contributed by atoms with Crippen molar-refractivity contribution < 1.29 is 24.6 Å². The van der Waals surface area contributed by atoms with Gasteiger partial charge in [-0.25, -0.2) is 4.79 Å². The van der Waals surface area contributed by atoms with Gasteiger partial charge in [-0.3, -0.25) is 14.6 Å². The molecule has 1 fully saturated rings. The van der Waals surface area contributed by atoms with Gasteiger partial charge in [0.1, 0.15) is 17.6 Å². The monoisotopic (exact) mass is 410 g/mol. The van der Waals surface area contributed by atoms with E-state index in [0.717, 1.165) is 5.84 Å². The number of amidine groups is 1. The Morgan fingerprint density at radius 3 is 2.43 bits per heavy atom. The number of carbonyl (C=O) groups excluding carboxylic acids is 2. The Bertz CT molecular complexity index is 776. The van der Waals surface area contributed by atoms with Gasteiger partial charge in [-0.2, -0.15) is 0 Å². The average molecular weight is 410 g/mol. The number of nitrogens with zero attached hydrogens (tertiary/aromatic N) is 4. The van der Waals surface area contributed by atoms with Gasteiger partial charge in [0.25, 0.3) is 0 Å². The molecule has 0 aliphatic carbocycles. The summed E-state index contributed by atoms with van der Waals surface area (Å²) >= 11 is 1.36. The number of rotatable bonds is 5. The van der Waals surface area contributed by atoms with Crippen molar-refractivity contribution in [2.75, 3.05) is 28.2 Å². The fourth-order valence-electron chi connectivity index (χ4n) is 4.07. The van der Waals surface area contributed by atoms with Crippen LogP contribution in [0.25, 0.3) is 0 Å². The normalized spacial score (nSPS) is 30.0. The molecule has 0 aromatic heterocycles. The molecule has 0 aromatic carbocycles. The standard InChI is InChI=1S/C18H26N4O5S/c1-8(23)13-10-7-11(14(18(26)27)22(10)17(13)25)28-12-6-9(16(24)21(4)5)19-15(12)20(2)3/h8-10,12-13,23H,6-7H2,1-5H3,(H,26,27)/t8-,9+,10-,12?,13-/m1/s1. The molecule has 0 bridgehead atoms. The highest BCUT2D eigenvalue weighted by Gasteiger charge is 2.57. The van der Waals surface area contributed by atoms with E-state index >= 15 is 0 Å². The summed E-state index contributed by atoms with van der Waals surface area (Å²) in [5.41, 5.74) is -0.00241. The van der Waals surface area contributed by atoms with Crippen LogP contribution in [0.4, 0.5) is 0 Å². The minimum Gasteiger partial charge on any atom is -0.477 e. The molecule has 10 heteroatoms. The smallest absolute Gasteiger partial charge is 0.353 e. The summed E-state index contributed by atoms with van der Waals surface area (Å²) in [6.07, 6.45) is 0.0573. The summed E-state index contributed by atoms with van der Waals surface area (Å²) < 4.78 is 0. The third-order valence-corrected chi connectivity index (χ3v) is 6.70. The van der Waals surface area contributed by atoms with Crippen LogP contribution in [0.15, 0.2) is 15.6 Å². The minimum absolute atomic E-state index is 0.00241. The average Bonchev–Trinajstić information content (AvgIpc) is 3.13. The van der Waals surface area contributed by atoms with Crippen LogP contribution in [0.5, 0.6) is 0 Å².